The van der Waals surface area contributed by atoms with Crippen LogP contribution in [0.2, 0.25) is 0 Å². The smallest absolute Gasteiger partial charge is 0.260 e. The largest absolute Gasteiger partial charge is 0.484 e. The van der Waals surface area contributed by atoms with Crippen molar-refractivity contribution in [3.8, 4) is 11.6 Å². The molecule has 0 aliphatic carbocycles. The van der Waals surface area contributed by atoms with Crippen LogP contribution in [0.4, 0.5) is 4.39 Å². The average molecular weight is 395 g/mol. The van der Waals surface area contributed by atoms with E-state index in [1.807, 2.05) is 12.1 Å². The highest BCUT2D eigenvalue weighted by Crippen LogP contribution is 2.24. The van der Waals surface area contributed by atoms with E-state index in [9.17, 15) is 9.18 Å². The molecule has 1 fully saturated rings. The molecule has 1 unspecified atom stereocenters. The molecule has 1 atom stereocenters. The van der Waals surface area contributed by atoms with Crippen LogP contribution in [-0.2, 0) is 4.79 Å². The van der Waals surface area contributed by atoms with Gasteiger partial charge in [0.1, 0.15) is 17.7 Å². The first-order valence-electron chi connectivity index (χ1n) is 7.55. The molecule has 7 heteroatoms. The minimum absolute atomic E-state index is 0.0777. The molecular weight excluding hydrogens is 379 g/mol. The van der Waals surface area contributed by atoms with Crippen molar-refractivity contribution >= 4 is 21.8 Å². The fraction of sp³-hybridized carbons (Fsp3) is 0.294. The van der Waals surface area contributed by atoms with Gasteiger partial charge < -0.3 is 14.4 Å². The Kier molecular flexibility index (Phi) is 5.30. The van der Waals surface area contributed by atoms with Crippen LogP contribution in [0.15, 0.2) is 47.1 Å². The summed E-state index contributed by atoms with van der Waals surface area (Å²) in [5.41, 5.74) is 0. The minimum Gasteiger partial charge on any atom is -0.484 e. The maximum Gasteiger partial charge on any atom is 0.260 e. The number of benzene rings is 1. The fourth-order valence-corrected chi connectivity index (χ4v) is 2.78. The van der Waals surface area contributed by atoms with Crippen molar-refractivity contribution in [1.29, 1.82) is 0 Å². The van der Waals surface area contributed by atoms with Crippen molar-refractivity contribution in [2.24, 2.45) is 0 Å². The Bertz CT molecular complexity index is 711. The highest BCUT2D eigenvalue weighted by atomic mass is 79.9. The summed E-state index contributed by atoms with van der Waals surface area (Å²) in [7, 11) is 0. The summed E-state index contributed by atoms with van der Waals surface area (Å²) in [6.07, 6.45) is 2.31. The Morgan fingerprint density at radius 2 is 2.12 bits per heavy atom. The van der Waals surface area contributed by atoms with Gasteiger partial charge in [0.15, 0.2) is 6.61 Å². The molecule has 1 aliphatic heterocycles. The third kappa shape index (κ3) is 4.23. The second-order valence-corrected chi connectivity index (χ2v) is 6.26. The Hall–Kier alpha value is -2.15. The number of rotatable bonds is 5. The van der Waals surface area contributed by atoms with Crippen LogP contribution in [-0.4, -0.2) is 41.6 Å². The Morgan fingerprint density at radius 3 is 2.88 bits per heavy atom. The Balaban J connectivity index is 1.49. The number of ether oxygens (including phenoxy) is 2. The lowest BCUT2D eigenvalue weighted by Crippen LogP contribution is -2.34. The van der Waals surface area contributed by atoms with Crippen molar-refractivity contribution in [3.05, 3.63) is 52.9 Å². The molecular formula is C17H16BrFN2O3. The number of likely N-dealkylation sites (tertiary alicyclic amines) is 1. The Morgan fingerprint density at radius 1 is 1.33 bits per heavy atom. The molecule has 1 saturated heterocycles. The molecule has 5 nitrogen and oxygen atoms in total. The summed E-state index contributed by atoms with van der Waals surface area (Å²) in [4.78, 5) is 18.1. The molecule has 2 aromatic rings. The number of nitrogens with zero attached hydrogens (tertiary/aromatic N) is 2. The molecule has 0 N–H and O–H groups in total. The summed E-state index contributed by atoms with van der Waals surface area (Å²) in [6, 6.07) is 9.26. The minimum atomic E-state index is -0.339. The Labute approximate surface area is 147 Å². The average Bonchev–Trinajstić information content (AvgIpc) is 3.05. The van der Waals surface area contributed by atoms with Gasteiger partial charge in [0, 0.05) is 19.2 Å². The number of pyridine rings is 1. The van der Waals surface area contributed by atoms with Gasteiger partial charge in [-0.25, -0.2) is 9.37 Å². The zero-order chi connectivity index (χ0) is 16.9. The third-order valence-electron chi connectivity index (χ3n) is 3.68. The summed E-state index contributed by atoms with van der Waals surface area (Å²) >= 11 is 3.39. The number of hydrogen-bond acceptors (Lipinski definition) is 4. The summed E-state index contributed by atoms with van der Waals surface area (Å²) in [5, 5.41) is 0. The standard InChI is InChI=1S/C17H16BrFN2O3/c18-15-2-1-8-20-17(15)24-14-7-9-21(10-14)16(22)11-23-13-5-3-12(19)4-6-13/h1-6,8,14H,7,9-11H2. The molecule has 1 aromatic heterocycles. The number of halogens is 2. The first-order valence-corrected chi connectivity index (χ1v) is 8.34. The summed E-state index contributed by atoms with van der Waals surface area (Å²) < 4.78 is 24.8. The van der Waals surface area contributed by atoms with Crippen LogP contribution in [0, 0.1) is 5.82 Å². The van der Waals surface area contributed by atoms with Crippen LogP contribution in [0.3, 0.4) is 0 Å². The fourth-order valence-electron chi connectivity index (χ4n) is 2.43. The zero-order valence-electron chi connectivity index (χ0n) is 12.8. The monoisotopic (exact) mass is 394 g/mol. The van der Waals surface area contributed by atoms with Gasteiger partial charge >= 0.3 is 0 Å². The normalized spacial score (nSPS) is 16.9. The second-order valence-electron chi connectivity index (χ2n) is 5.40. The van der Waals surface area contributed by atoms with Gasteiger partial charge in [-0.05, 0) is 52.3 Å². The summed E-state index contributed by atoms with van der Waals surface area (Å²) in [6.45, 7) is 1.03. The van der Waals surface area contributed by atoms with E-state index in [1.165, 1.54) is 24.3 Å². The lowest BCUT2D eigenvalue weighted by Gasteiger charge is -2.17. The van der Waals surface area contributed by atoms with Crippen LogP contribution >= 0.6 is 15.9 Å². The van der Waals surface area contributed by atoms with Gasteiger partial charge in [0.05, 0.1) is 11.0 Å². The predicted octanol–water partition coefficient (Wildman–Crippen LogP) is 3.04. The molecule has 1 amide bonds. The molecule has 24 heavy (non-hydrogen) atoms. The molecule has 0 spiro atoms. The van der Waals surface area contributed by atoms with Gasteiger partial charge in [-0.2, -0.15) is 0 Å². The summed E-state index contributed by atoms with van der Waals surface area (Å²) in [5.74, 6) is 0.535. The molecule has 0 bridgehead atoms. The zero-order valence-corrected chi connectivity index (χ0v) is 14.4. The molecule has 0 radical (unpaired) electrons. The van der Waals surface area contributed by atoms with E-state index in [1.54, 1.807) is 11.1 Å². The van der Waals surface area contributed by atoms with E-state index in [4.69, 9.17) is 9.47 Å². The van der Waals surface area contributed by atoms with Crippen LogP contribution in [0.5, 0.6) is 11.6 Å². The SMILES string of the molecule is O=C(COc1ccc(F)cc1)N1CCC(Oc2ncccc2Br)C1. The highest BCUT2D eigenvalue weighted by molar-refractivity contribution is 9.10. The van der Waals surface area contributed by atoms with Crippen LogP contribution < -0.4 is 9.47 Å². The topological polar surface area (TPSA) is 51.7 Å². The quantitative estimate of drug-likeness (QED) is 0.781. The van der Waals surface area contributed by atoms with Gasteiger partial charge in [0.2, 0.25) is 5.88 Å². The molecule has 1 aromatic carbocycles. The molecule has 0 saturated carbocycles. The van der Waals surface area contributed by atoms with Crippen molar-refractivity contribution in [1.82, 2.24) is 9.88 Å². The number of hydrogen-bond donors (Lipinski definition) is 0. The number of aromatic nitrogens is 1. The van der Waals surface area contributed by atoms with Gasteiger partial charge in [0.25, 0.3) is 5.91 Å². The van der Waals surface area contributed by atoms with Gasteiger partial charge in [-0.1, -0.05) is 0 Å². The number of carbonyl (C=O) groups excluding carboxylic acids is 1. The molecule has 126 valence electrons. The number of amides is 1. The molecule has 1 aliphatic rings. The molecule has 3 rings (SSSR count). The van der Waals surface area contributed by atoms with Crippen molar-refractivity contribution in [2.45, 2.75) is 12.5 Å². The van der Waals surface area contributed by atoms with E-state index in [0.29, 0.717) is 24.7 Å². The predicted molar refractivity (Wildman–Crippen MR) is 89.4 cm³/mol. The maximum absolute atomic E-state index is 12.8. The first-order chi connectivity index (χ1) is 11.6. The molecule has 2 heterocycles. The van der Waals surface area contributed by atoms with E-state index in [2.05, 4.69) is 20.9 Å². The maximum atomic E-state index is 12.8. The van der Waals surface area contributed by atoms with E-state index < -0.39 is 0 Å². The lowest BCUT2D eigenvalue weighted by molar-refractivity contribution is -0.132. The van der Waals surface area contributed by atoms with Crippen LogP contribution in [0.25, 0.3) is 0 Å². The second kappa shape index (κ2) is 7.61. The lowest BCUT2D eigenvalue weighted by atomic mass is 10.3. The van der Waals surface area contributed by atoms with Gasteiger partial charge in [-0.3, -0.25) is 4.79 Å². The van der Waals surface area contributed by atoms with E-state index in [-0.39, 0.29) is 24.4 Å². The number of carbonyl (C=O) groups is 1. The van der Waals surface area contributed by atoms with E-state index >= 15 is 0 Å². The first kappa shape index (κ1) is 16.7. The van der Waals surface area contributed by atoms with Gasteiger partial charge in [-0.15, -0.1) is 0 Å². The van der Waals surface area contributed by atoms with Crippen molar-refractivity contribution < 1.29 is 18.7 Å². The van der Waals surface area contributed by atoms with E-state index in [0.717, 1.165) is 10.9 Å². The van der Waals surface area contributed by atoms with Crippen LogP contribution in [0.1, 0.15) is 6.42 Å². The highest BCUT2D eigenvalue weighted by Gasteiger charge is 2.28. The van der Waals surface area contributed by atoms with Crippen molar-refractivity contribution in [2.75, 3.05) is 19.7 Å². The van der Waals surface area contributed by atoms with Crippen molar-refractivity contribution in [3.63, 3.8) is 0 Å². The third-order valence-corrected chi connectivity index (χ3v) is 4.28.